The van der Waals surface area contributed by atoms with Gasteiger partial charge in [-0.05, 0) is 30.3 Å². The van der Waals surface area contributed by atoms with Gasteiger partial charge in [-0.25, -0.2) is 0 Å². The maximum Gasteiger partial charge on any atom is 0.150 e. The maximum absolute atomic E-state index is 10.7. The molecule has 0 saturated carbocycles. The van der Waals surface area contributed by atoms with Crippen LogP contribution in [0.15, 0.2) is 41.0 Å². The van der Waals surface area contributed by atoms with Crippen molar-refractivity contribution in [3.05, 3.63) is 46.6 Å². The van der Waals surface area contributed by atoms with E-state index in [0.717, 1.165) is 16.3 Å². The van der Waals surface area contributed by atoms with Gasteiger partial charge in [0.1, 0.15) is 6.29 Å². The van der Waals surface area contributed by atoms with Crippen molar-refractivity contribution in [2.75, 3.05) is 5.73 Å². The fourth-order valence-electron chi connectivity index (χ4n) is 1.42. The minimum absolute atomic E-state index is 0.587. The number of carbonyl (C=O) groups excluding carboxylic acids is 1. The molecule has 1 heterocycles. The Morgan fingerprint density at radius 1 is 1.25 bits per heavy atom. The fraction of sp³-hybridized carbons (Fsp3) is 0. The number of halogens is 1. The van der Waals surface area contributed by atoms with Crippen LogP contribution in [-0.4, -0.2) is 11.3 Å². The quantitative estimate of drug-likeness (QED) is 0.678. The van der Waals surface area contributed by atoms with Crippen molar-refractivity contribution in [2.45, 2.75) is 0 Å². The summed E-state index contributed by atoms with van der Waals surface area (Å²) < 4.78 is 0.926. The minimum atomic E-state index is 0.587. The van der Waals surface area contributed by atoms with E-state index in [0.29, 0.717) is 16.9 Å². The first-order valence-corrected chi connectivity index (χ1v) is 5.46. The molecule has 0 radical (unpaired) electrons. The first kappa shape index (κ1) is 10.8. The van der Waals surface area contributed by atoms with Crippen molar-refractivity contribution >= 4 is 27.9 Å². The summed E-state index contributed by atoms with van der Waals surface area (Å²) in [4.78, 5) is 14.9. The van der Waals surface area contributed by atoms with Crippen LogP contribution in [0.1, 0.15) is 10.4 Å². The predicted octanol–water partition coefficient (Wildman–Crippen LogP) is 2.91. The molecule has 0 amide bonds. The molecule has 2 aromatic rings. The molecule has 1 aromatic heterocycles. The number of hydrogen-bond donors (Lipinski definition) is 1. The Kier molecular flexibility index (Phi) is 3.01. The van der Waals surface area contributed by atoms with Crippen molar-refractivity contribution in [2.24, 2.45) is 0 Å². The highest BCUT2D eigenvalue weighted by Gasteiger charge is 2.05. The van der Waals surface area contributed by atoms with E-state index in [1.807, 2.05) is 12.1 Å². The summed E-state index contributed by atoms with van der Waals surface area (Å²) >= 11 is 3.38. The van der Waals surface area contributed by atoms with Gasteiger partial charge >= 0.3 is 0 Å². The van der Waals surface area contributed by atoms with Gasteiger partial charge in [0.15, 0.2) is 0 Å². The van der Waals surface area contributed by atoms with Crippen LogP contribution in [-0.2, 0) is 0 Å². The van der Waals surface area contributed by atoms with Crippen LogP contribution in [0.25, 0.3) is 11.3 Å². The molecule has 1 aromatic carbocycles. The molecule has 0 atom stereocenters. The van der Waals surface area contributed by atoms with E-state index in [9.17, 15) is 4.79 Å². The van der Waals surface area contributed by atoms with Crippen LogP contribution in [0.4, 0.5) is 5.69 Å². The molecule has 16 heavy (non-hydrogen) atoms. The Bertz CT molecular complexity index is 540. The zero-order valence-corrected chi connectivity index (χ0v) is 9.94. The van der Waals surface area contributed by atoms with E-state index in [1.54, 1.807) is 24.4 Å². The average Bonchev–Trinajstić information content (AvgIpc) is 2.32. The molecular weight excluding hydrogens is 268 g/mol. The van der Waals surface area contributed by atoms with Crippen LogP contribution in [0.3, 0.4) is 0 Å². The molecule has 3 nitrogen and oxygen atoms in total. The van der Waals surface area contributed by atoms with Gasteiger partial charge in [0.2, 0.25) is 0 Å². The van der Waals surface area contributed by atoms with Crippen molar-refractivity contribution in [1.29, 1.82) is 0 Å². The topological polar surface area (TPSA) is 56.0 Å². The second-order valence-electron chi connectivity index (χ2n) is 3.32. The average molecular weight is 277 g/mol. The van der Waals surface area contributed by atoms with E-state index in [4.69, 9.17) is 5.73 Å². The number of nitrogens with zero attached hydrogens (tertiary/aromatic N) is 1. The number of rotatable bonds is 2. The summed E-state index contributed by atoms with van der Waals surface area (Å²) in [5.41, 5.74) is 8.60. The summed E-state index contributed by atoms with van der Waals surface area (Å²) in [7, 11) is 0. The molecule has 2 N–H and O–H groups in total. The first-order chi connectivity index (χ1) is 7.70. The van der Waals surface area contributed by atoms with Crippen LogP contribution >= 0.6 is 15.9 Å². The lowest BCUT2D eigenvalue weighted by molar-refractivity contribution is 0.112. The Hall–Kier alpha value is -1.68. The number of pyridine rings is 1. The lowest BCUT2D eigenvalue weighted by Gasteiger charge is -2.05. The smallest absolute Gasteiger partial charge is 0.150 e. The van der Waals surface area contributed by atoms with Crippen LogP contribution < -0.4 is 5.73 Å². The lowest BCUT2D eigenvalue weighted by atomic mass is 10.1. The normalized spacial score (nSPS) is 10.1. The van der Waals surface area contributed by atoms with Gasteiger partial charge in [-0.2, -0.15) is 0 Å². The Labute approximate surface area is 101 Å². The van der Waals surface area contributed by atoms with E-state index in [2.05, 4.69) is 20.9 Å². The zero-order chi connectivity index (χ0) is 11.5. The highest BCUT2D eigenvalue weighted by molar-refractivity contribution is 9.10. The molecule has 0 unspecified atom stereocenters. The highest BCUT2D eigenvalue weighted by Crippen LogP contribution is 2.27. The van der Waals surface area contributed by atoms with Gasteiger partial charge in [0, 0.05) is 27.5 Å². The lowest BCUT2D eigenvalue weighted by Crippen LogP contribution is -1.93. The van der Waals surface area contributed by atoms with Crippen molar-refractivity contribution in [3.63, 3.8) is 0 Å². The molecule has 0 saturated heterocycles. The van der Waals surface area contributed by atoms with Crippen molar-refractivity contribution < 1.29 is 4.79 Å². The van der Waals surface area contributed by atoms with Crippen LogP contribution in [0.2, 0.25) is 0 Å². The Balaban J connectivity index is 2.57. The molecule has 4 heteroatoms. The first-order valence-electron chi connectivity index (χ1n) is 4.67. The van der Waals surface area contributed by atoms with Crippen LogP contribution in [0.5, 0.6) is 0 Å². The van der Waals surface area contributed by atoms with Gasteiger partial charge in [-0.3, -0.25) is 9.78 Å². The third-order valence-electron chi connectivity index (χ3n) is 2.21. The predicted molar refractivity (Wildman–Crippen MR) is 67.2 cm³/mol. The second-order valence-corrected chi connectivity index (χ2v) is 4.24. The summed E-state index contributed by atoms with van der Waals surface area (Å²) in [5.74, 6) is 0. The molecule has 0 spiro atoms. The number of benzene rings is 1. The molecule has 0 fully saturated rings. The summed E-state index contributed by atoms with van der Waals surface area (Å²) in [6.07, 6.45) is 2.39. The van der Waals surface area contributed by atoms with Gasteiger partial charge in [0.25, 0.3) is 0 Å². The van der Waals surface area contributed by atoms with Gasteiger partial charge < -0.3 is 5.73 Å². The maximum atomic E-state index is 10.7. The number of aromatic nitrogens is 1. The number of aldehydes is 1. The van der Waals surface area contributed by atoms with Gasteiger partial charge in [-0.15, -0.1) is 0 Å². The second kappa shape index (κ2) is 4.45. The van der Waals surface area contributed by atoms with E-state index < -0.39 is 0 Å². The summed E-state index contributed by atoms with van der Waals surface area (Å²) in [5, 5.41) is 0. The standard InChI is InChI=1S/C12H9BrN2O/c13-9-1-2-11(14)10(6-9)12-5-8(7-16)3-4-15-12/h1-7H,14H2. The zero-order valence-electron chi connectivity index (χ0n) is 8.35. The molecule has 2 rings (SSSR count). The third kappa shape index (κ3) is 2.12. The monoisotopic (exact) mass is 276 g/mol. The number of hydrogen-bond acceptors (Lipinski definition) is 3. The van der Waals surface area contributed by atoms with Crippen molar-refractivity contribution in [1.82, 2.24) is 4.98 Å². The minimum Gasteiger partial charge on any atom is -0.398 e. The molecule has 0 aliphatic heterocycles. The van der Waals surface area contributed by atoms with Crippen LogP contribution in [0, 0.1) is 0 Å². The van der Waals surface area contributed by atoms with E-state index >= 15 is 0 Å². The largest absolute Gasteiger partial charge is 0.398 e. The molecule has 80 valence electrons. The Morgan fingerprint density at radius 3 is 2.81 bits per heavy atom. The summed E-state index contributed by atoms with van der Waals surface area (Å²) in [6, 6.07) is 8.92. The number of nitrogens with two attached hydrogens (primary N) is 1. The highest BCUT2D eigenvalue weighted by atomic mass is 79.9. The van der Waals surface area contributed by atoms with E-state index in [-0.39, 0.29) is 0 Å². The molecule has 0 aliphatic carbocycles. The van der Waals surface area contributed by atoms with Gasteiger partial charge in [-0.1, -0.05) is 15.9 Å². The summed E-state index contributed by atoms with van der Waals surface area (Å²) in [6.45, 7) is 0. The number of carbonyl (C=O) groups is 1. The van der Waals surface area contributed by atoms with Gasteiger partial charge in [0.05, 0.1) is 5.69 Å². The molecular formula is C12H9BrN2O. The SMILES string of the molecule is Nc1ccc(Br)cc1-c1cc(C=O)ccn1. The number of anilines is 1. The van der Waals surface area contributed by atoms with E-state index in [1.165, 1.54) is 0 Å². The molecule has 0 aliphatic rings. The number of nitrogen functional groups attached to an aromatic ring is 1. The Morgan fingerprint density at radius 2 is 2.06 bits per heavy atom. The van der Waals surface area contributed by atoms with Crippen molar-refractivity contribution in [3.8, 4) is 11.3 Å². The molecule has 0 bridgehead atoms. The third-order valence-corrected chi connectivity index (χ3v) is 2.70. The fourth-order valence-corrected chi connectivity index (χ4v) is 1.78.